The Morgan fingerprint density at radius 1 is 1.00 bits per heavy atom. The van der Waals surface area contributed by atoms with E-state index >= 15 is 0 Å². The normalized spacial score (nSPS) is 14.4. The first-order chi connectivity index (χ1) is 17.1. The van der Waals surface area contributed by atoms with E-state index in [1.54, 1.807) is 49.1 Å². The SMILES string of the molecule is CC(=O)c1ccc(N2CCN(C(=O)COC(=O)[C@@H](NC(=O)c3cccc(C)c3)C(C)C)CC2)c(F)c1. The van der Waals surface area contributed by atoms with Gasteiger partial charge in [0, 0.05) is 37.3 Å². The number of anilines is 1. The van der Waals surface area contributed by atoms with Crippen LogP contribution in [-0.4, -0.2) is 67.3 Å². The van der Waals surface area contributed by atoms with Crippen LogP contribution in [0, 0.1) is 18.7 Å². The molecule has 1 heterocycles. The second kappa shape index (κ2) is 11.8. The number of carbonyl (C=O) groups is 4. The Morgan fingerprint density at radius 2 is 1.69 bits per heavy atom. The first-order valence-corrected chi connectivity index (χ1v) is 11.9. The third kappa shape index (κ3) is 6.68. The van der Waals surface area contributed by atoms with Crippen molar-refractivity contribution >= 4 is 29.3 Å². The number of hydrogen-bond donors (Lipinski definition) is 1. The Labute approximate surface area is 210 Å². The van der Waals surface area contributed by atoms with Crippen LogP contribution in [0.25, 0.3) is 0 Å². The molecule has 0 radical (unpaired) electrons. The van der Waals surface area contributed by atoms with Gasteiger partial charge in [-0.15, -0.1) is 0 Å². The summed E-state index contributed by atoms with van der Waals surface area (Å²) in [5.41, 5.74) is 2.05. The molecule has 9 heteroatoms. The van der Waals surface area contributed by atoms with Crippen LogP contribution >= 0.6 is 0 Å². The molecule has 3 rings (SSSR count). The van der Waals surface area contributed by atoms with Gasteiger partial charge in [-0.05, 0) is 50.1 Å². The maximum Gasteiger partial charge on any atom is 0.329 e. The zero-order chi connectivity index (χ0) is 26.4. The Hall–Kier alpha value is -3.75. The quantitative estimate of drug-likeness (QED) is 0.445. The molecule has 1 N–H and O–H groups in total. The fraction of sp³-hybridized carbons (Fsp3) is 0.407. The molecule has 0 spiro atoms. The van der Waals surface area contributed by atoms with Gasteiger partial charge in [0.2, 0.25) is 0 Å². The third-order valence-corrected chi connectivity index (χ3v) is 6.15. The number of nitrogens with one attached hydrogen (secondary N) is 1. The lowest BCUT2D eigenvalue weighted by molar-refractivity contribution is -0.154. The van der Waals surface area contributed by atoms with Crippen molar-refractivity contribution in [3.8, 4) is 0 Å². The number of rotatable bonds is 8. The summed E-state index contributed by atoms with van der Waals surface area (Å²) >= 11 is 0. The van der Waals surface area contributed by atoms with E-state index in [2.05, 4.69) is 5.32 Å². The van der Waals surface area contributed by atoms with Gasteiger partial charge in [-0.25, -0.2) is 9.18 Å². The zero-order valence-electron chi connectivity index (χ0n) is 21.0. The van der Waals surface area contributed by atoms with Crippen LogP contribution in [0.5, 0.6) is 0 Å². The molecule has 0 aliphatic carbocycles. The molecule has 0 unspecified atom stereocenters. The van der Waals surface area contributed by atoms with Crippen molar-refractivity contribution in [1.29, 1.82) is 0 Å². The van der Waals surface area contributed by atoms with E-state index in [0.717, 1.165) is 5.56 Å². The highest BCUT2D eigenvalue weighted by Crippen LogP contribution is 2.22. The first-order valence-electron chi connectivity index (χ1n) is 11.9. The predicted octanol–water partition coefficient (Wildman–Crippen LogP) is 2.98. The summed E-state index contributed by atoms with van der Waals surface area (Å²) in [5, 5.41) is 2.70. The topological polar surface area (TPSA) is 96.0 Å². The smallest absolute Gasteiger partial charge is 0.329 e. The van der Waals surface area contributed by atoms with Gasteiger partial charge in [-0.1, -0.05) is 31.5 Å². The molecule has 1 atom stereocenters. The van der Waals surface area contributed by atoms with Crippen LogP contribution in [-0.2, 0) is 14.3 Å². The zero-order valence-corrected chi connectivity index (χ0v) is 21.0. The largest absolute Gasteiger partial charge is 0.454 e. The van der Waals surface area contributed by atoms with Crippen LogP contribution in [0.3, 0.4) is 0 Å². The van der Waals surface area contributed by atoms with Crippen LogP contribution in [0.4, 0.5) is 10.1 Å². The summed E-state index contributed by atoms with van der Waals surface area (Å²) in [7, 11) is 0. The predicted molar refractivity (Wildman–Crippen MR) is 133 cm³/mol. The summed E-state index contributed by atoms with van der Waals surface area (Å²) in [5.74, 6) is -2.35. The maximum atomic E-state index is 14.5. The van der Waals surface area contributed by atoms with Gasteiger partial charge in [0.1, 0.15) is 11.9 Å². The molecule has 1 fully saturated rings. The summed E-state index contributed by atoms with van der Waals surface area (Å²) in [4.78, 5) is 52.7. The van der Waals surface area contributed by atoms with Gasteiger partial charge < -0.3 is 19.9 Å². The third-order valence-electron chi connectivity index (χ3n) is 6.15. The van der Waals surface area contributed by atoms with Gasteiger partial charge in [-0.3, -0.25) is 14.4 Å². The molecule has 0 aromatic heterocycles. The van der Waals surface area contributed by atoms with Crippen LogP contribution in [0.15, 0.2) is 42.5 Å². The van der Waals surface area contributed by atoms with E-state index in [1.807, 2.05) is 17.9 Å². The van der Waals surface area contributed by atoms with Crippen molar-refractivity contribution in [3.63, 3.8) is 0 Å². The second-order valence-corrected chi connectivity index (χ2v) is 9.26. The lowest BCUT2D eigenvalue weighted by Crippen LogP contribution is -2.51. The molecule has 1 saturated heterocycles. The van der Waals surface area contributed by atoms with Gasteiger partial charge in [0.05, 0.1) is 5.69 Å². The Morgan fingerprint density at radius 3 is 2.28 bits per heavy atom. The highest BCUT2D eigenvalue weighted by Gasteiger charge is 2.28. The summed E-state index contributed by atoms with van der Waals surface area (Å²) in [6, 6.07) is 10.5. The lowest BCUT2D eigenvalue weighted by atomic mass is 10.0. The number of carbonyl (C=O) groups excluding carboxylic acids is 4. The molecular weight excluding hydrogens is 465 g/mol. The summed E-state index contributed by atoms with van der Waals surface area (Å²) in [6.45, 7) is 7.85. The average molecular weight is 498 g/mol. The average Bonchev–Trinajstić information content (AvgIpc) is 2.85. The van der Waals surface area contributed by atoms with Gasteiger partial charge >= 0.3 is 5.97 Å². The number of piperazine rings is 1. The molecule has 2 amide bonds. The van der Waals surface area contributed by atoms with E-state index in [0.29, 0.717) is 43.0 Å². The second-order valence-electron chi connectivity index (χ2n) is 9.26. The minimum absolute atomic E-state index is 0.208. The minimum atomic E-state index is -0.899. The molecule has 8 nitrogen and oxygen atoms in total. The lowest BCUT2D eigenvalue weighted by Gasteiger charge is -2.36. The number of ketones is 1. The Bertz CT molecular complexity index is 1140. The van der Waals surface area contributed by atoms with Crippen molar-refractivity contribution in [2.24, 2.45) is 5.92 Å². The molecule has 192 valence electrons. The number of esters is 1. The number of benzene rings is 2. The maximum absolute atomic E-state index is 14.5. The van der Waals surface area contributed by atoms with Crippen molar-refractivity contribution in [1.82, 2.24) is 10.2 Å². The molecule has 0 bridgehead atoms. The summed E-state index contributed by atoms with van der Waals surface area (Å²) in [6.07, 6.45) is 0. The minimum Gasteiger partial charge on any atom is -0.454 e. The Kier molecular flexibility index (Phi) is 8.79. The van der Waals surface area contributed by atoms with Crippen molar-refractivity contribution in [2.75, 3.05) is 37.7 Å². The number of Topliss-reactive ketones (excluding diaryl/α,β-unsaturated/α-hetero) is 1. The molecular formula is C27H32FN3O5. The number of nitrogens with zero attached hydrogens (tertiary/aromatic N) is 2. The highest BCUT2D eigenvalue weighted by atomic mass is 19.1. The van der Waals surface area contributed by atoms with E-state index in [4.69, 9.17) is 4.74 Å². The standard InChI is InChI=1S/C27H32FN3O5/c1-17(2)25(29-26(34)21-7-5-6-18(3)14-21)27(35)36-16-24(33)31-12-10-30(11-13-31)23-9-8-20(19(4)32)15-22(23)28/h5-9,14-15,17,25H,10-13,16H2,1-4H3,(H,29,34)/t25-/m0/s1. The van der Waals surface area contributed by atoms with Crippen LogP contribution < -0.4 is 10.2 Å². The number of halogens is 1. The highest BCUT2D eigenvalue weighted by molar-refractivity contribution is 5.97. The van der Waals surface area contributed by atoms with Crippen molar-refractivity contribution in [2.45, 2.75) is 33.7 Å². The molecule has 2 aromatic rings. The van der Waals surface area contributed by atoms with Crippen molar-refractivity contribution in [3.05, 3.63) is 65.0 Å². The van der Waals surface area contributed by atoms with Gasteiger partial charge in [0.15, 0.2) is 12.4 Å². The van der Waals surface area contributed by atoms with Gasteiger partial charge in [0.25, 0.3) is 11.8 Å². The number of ether oxygens (including phenoxy) is 1. The van der Waals surface area contributed by atoms with Crippen LogP contribution in [0.2, 0.25) is 0 Å². The fourth-order valence-electron chi connectivity index (χ4n) is 4.00. The fourth-order valence-corrected chi connectivity index (χ4v) is 4.00. The van der Waals surface area contributed by atoms with Crippen molar-refractivity contribution < 1.29 is 28.3 Å². The molecule has 0 saturated carbocycles. The number of amides is 2. The molecule has 36 heavy (non-hydrogen) atoms. The monoisotopic (exact) mass is 497 g/mol. The first kappa shape index (κ1) is 26.8. The molecule has 2 aromatic carbocycles. The molecule has 1 aliphatic rings. The number of aryl methyl sites for hydroxylation is 1. The van der Waals surface area contributed by atoms with E-state index in [9.17, 15) is 23.6 Å². The van der Waals surface area contributed by atoms with E-state index in [-0.39, 0.29) is 23.5 Å². The Balaban J connectivity index is 1.51. The van der Waals surface area contributed by atoms with E-state index in [1.165, 1.54) is 13.0 Å². The van der Waals surface area contributed by atoms with E-state index < -0.39 is 24.4 Å². The van der Waals surface area contributed by atoms with Gasteiger partial charge in [-0.2, -0.15) is 0 Å². The van der Waals surface area contributed by atoms with Crippen LogP contribution in [0.1, 0.15) is 47.1 Å². The summed E-state index contributed by atoms with van der Waals surface area (Å²) < 4.78 is 19.7. The number of hydrogen-bond acceptors (Lipinski definition) is 6. The molecule has 1 aliphatic heterocycles.